The zero-order valence-electron chi connectivity index (χ0n) is 9.55. The van der Waals surface area contributed by atoms with Crippen molar-refractivity contribution in [2.24, 2.45) is 0 Å². The van der Waals surface area contributed by atoms with Crippen molar-refractivity contribution < 1.29 is 19.1 Å². The van der Waals surface area contributed by atoms with Gasteiger partial charge in [0.2, 0.25) is 0 Å². The summed E-state index contributed by atoms with van der Waals surface area (Å²) < 4.78 is 10.3. The Bertz CT molecular complexity index is 603. The molecular formula is C13H11NO4. The number of benzene rings is 1. The molecule has 0 aliphatic heterocycles. The van der Waals surface area contributed by atoms with Crippen LogP contribution < -0.4 is 4.74 Å². The Morgan fingerprint density at radius 2 is 2.17 bits per heavy atom. The second-order valence-corrected chi connectivity index (χ2v) is 4.19. The van der Waals surface area contributed by atoms with Gasteiger partial charge in [0, 0.05) is 0 Å². The van der Waals surface area contributed by atoms with Gasteiger partial charge in [-0.05, 0) is 42.5 Å². The Morgan fingerprint density at radius 3 is 2.94 bits per heavy atom. The number of hydrogen-bond acceptors (Lipinski definition) is 4. The summed E-state index contributed by atoms with van der Waals surface area (Å²) in [6.45, 7) is 0. The van der Waals surface area contributed by atoms with Crippen molar-refractivity contribution >= 4 is 5.97 Å². The molecule has 0 unspecified atom stereocenters. The summed E-state index contributed by atoms with van der Waals surface area (Å²) in [5.41, 5.74) is 2.46. The maximum Gasteiger partial charge on any atom is 0.399 e. The molecule has 1 aliphatic carbocycles. The number of fused-ring (bicyclic) bond motifs is 1. The van der Waals surface area contributed by atoms with Gasteiger partial charge in [-0.2, -0.15) is 4.98 Å². The molecule has 0 saturated carbocycles. The zero-order chi connectivity index (χ0) is 12.5. The average Bonchev–Trinajstić information content (AvgIpc) is 2.96. The van der Waals surface area contributed by atoms with E-state index in [-0.39, 0.29) is 11.8 Å². The molecule has 0 bridgehead atoms. The van der Waals surface area contributed by atoms with Crippen LogP contribution in [-0.4, -0.2) is 16.1 Å². The first-order chi connectivity index (χ1) is 8.72. The van der Waals surface area contributed by atoms with Gasteiger partial charge in [0.1, 0.15) is 12.0 Å². The van der Waals surface area contributed by atoms with Gasteiger partial charge in [0.25, 0.3) is 0 Å². The van der Waals surface area contributed by atoms with Crippen molar-refractivity contribution in [1.29, 1.82) is 0 Å². The Labute approximate surface area is 103 Å². The maximum absolute atomic E-state index is 10.6. The molecular weight excluding hydrogens is 234 g/mol. The summed E-state index contributed by atoms with van der Waals surface area (Å²) in [4.78, 5) is 14.4. The summed E-state index contributed by atoms with van der Waals surface area (Å²) in [7, 11) is 0. The number of nitrogens with zero attached hydrogens (tertiary/aromatic N) is 1. The highest BCUT2D eigenvalue weighted by molar-refractivity contribution is 5.84. The normalized spacial score (nSPS) is 13.3. The summed E-state index contributed by atoms with van der Waals surface area (Å²) in [5.74, 6) is -0.517. The number of aromatic carboxylic acids is 1. The van der Waals surface area contributed by atoms with E-state index in [1.54, 1.807) is 0 Å². The quantitative estimate of drug-likeness (QED) is 0.899. The molecule has 1 aromatic carbocycles. The minimum atomic E-state index is -1.14. The standard InChI is InChI=1S/C13H11NO4/c15-12(16)11-7-17-13(14-11)18-10-5-4-8-2-1-3-9(8)6-10/h4-7H,1-3H2,(H,15,16). The molecule has 1 aliphatic rings. The average molecular weight is 245 g/mol. The van der Waals surface area contributed by atoms with Gasteiger partial charge in [0.05, 0.1) is 0 Å². The SMILES string of the molecule is O=C(O)c1coc(Oc2ccc3c(c2)CCC3)n1. The Kier molecular flexibility index (Phi) is 2.51. The van der Waals surface area contributed by atoms with E-state index in [9.17, 15) is 4.79 Å². The molecule has 0 spiro atoms. The van der Waals surface area contributed by atoms with Gasteiger partial charge in [-0.1, -0.05) is 6.07 Å². The zero-order valence-corrected chi connectivity index (χ0v) is 9.55. The fourth-order valence-electron chi connectivity index (χ4n) is 2.11. The lowest BCUT2D eigenvalue weighted by Gasteiger charge is -2.03. The number of aryl methyl sites for hydroxylation is 2. The lowest BCUT2D eigenvalue weighted by molar-refractivity contribution is 0.0690. The minimum Gasteiger partial charge on any atom is -0.476 e. The molecule has 0 amide bonds. The summed E-state index contributed by atoms with van der Waals surface area (Å²) in [6, 6.07) is 5.82. The fourth-order valence-corrected chi connectivity index (χ4v) is 2.11. The first kappa shape index (κ1) is 10.8. The van der Waals surface area contributed by atoms with Crippen molar-refractivity contribution in [3.05, 3.63) is 41.3 Å². The van der Waals surface area contributed by atoms with Crippen LogP contribution in [0.2, 0.25) is 0 Å². The van der Waals surface area contributed by atoms with Crippen molar-refractivity contribution in [1.82, 2.24) is 4.98 Å². The number of carboxylic acid groups (broad SMARTS) is 1. The molecule has 0 fully saturated rings. The van der Waals surface area contributed by atoms with Crippen molar-refractivity contribution in [2.45, 2.75) is 19.3 Å². The van der Waals surface area contributed by atoms with Gasteiger partial charge >= 0.3 is 12.0 Å². The van der Waals surface area contributed by atoms with Gasteiger partial charge in [-0.3, -0.25) is 0 Å². The Hall–Kier alpha value is -2.30. The van der Waals surface area contributed by atoms with Crippen molar-refractivity contribution in [3.8, 4) is 11.8 Å². The molecule has 2 aromatic rings. The van der Waals surface area contributed by atoms with E-state index in [4.69, 9.17) is 14.3 Å². The van der Waals surface area contributed by atoms with Crippen LogP contribution in [0, 0.1) is 0 Å². The summed E-state index contributed by atoms with van der Waals surface area (Å²) in [6.07, 6.45) is 4.34. The predicted octanol–water partition coefficient (Wildman–Crippen LogP) is 2.65. The lowest BCUT2D eigenvalue weighted by atomic mass is 10.1. The van der Waals surface area contributed by atoms with Crippen LogP contribution in [0.15, 0.2) is 28.9 Å². The molecule has 0 radical (unpaired) electrons. The van der Waals surface area contributed by atoms with Crippen LogP contribution in [-0.2, 0) is 12.8 Å². The number of aromatic nitrogens is 1. The number of carbonyl (C=O) groups is 1. The molecule has 0 atom stereocenters. The van der Waals surface area contributed by atoms with E-state index in [1.165, 1.54) is 17.5 Å². The minimum absolute atomic E-state index is 0.0506. The third-order valence-corrected chi connectivity index (χ3v) is 2.98. The smallest absolute Gasteiger partial charge is 0.399 e. The molecule has 0 saturated heterocycles. The number of hydrogen-bond donors (Lipinski definition) is 1. The summed E-state index contributed by atoms with van der Waals surface area (Å²) in [5, 5.41) is 8.71. The number of carboxylic acids is 1. The van der Waals surface area contributed by atoms with E-state index in [2.05, 4.69) is 4.98 Å². The first-order valence-electron chi connectivity index (χ1n) is 5.71. The van der Waals surface area contributed by atoms with E-state index >= 15 is 0 Å². The van der Waals surface area contributed by atoms with Gasteiger partial charge in [0.15, 0.2) is 5.69 Å². The largest absolute Gasteiger partial charge is 0.476 e. The Balaban J connectivity index is 1.81. The molecule has 3 rings (SSSR count). The molecule has 1 heterocycles. The Morgan fingerprint density at radius 1 is 1.33 bits per heavy atom. The number of ether oxygens (including phenoxy) is 1. The molecule has 18 heavy (non-hydrogen) atoms. The van der Waals surface area contributed by atoms with Gasteiger partial charge in [-0.15, -0.1) is 0 Å². The van der Waals surface area contributed by atoms with Gasteiger partial charge in [-0.25, -0.2) is 4.79 Å². The highest BCUT2D eigenvalue weighted by Gasteiger charge is 2.14. The number of oxazole rings is 1. The fraction of sp³-hybridized carbons (Fsp3) is 0.231. The lowest BCUT2D eigenvalue weighted by Crippen LogP contribution is -1.96. The highest BCUT2D eigenvalue weighted by atomic mass is 16.6. The third-order valence-electron chi connectivity index (χ3n) is 2.98. The summed E-state index contributed by atoms with van der Waals surface area (Å²) >= 11 is 0. The van der Waals surface area contributed by atoms with Crippen LogP contribution in [0.3, 0.4) is 0 Å². The highest BCUT2D eigenvalue weighted by Crippen LogP contribution is 2.28. The number of rotatable bonds is 3. The van der Waals surface area contributed by atoms with E-state index < -0.39 is 5.97 Å². The van der Waals surface area contributed by atoms with E-state index in [0.717, 1.165) is 19.1 Å². The third kappa shape index (κ3) is 1.95. The van der Waals surface area contributed by atoms with Gasteiger partial charge < -0.3 is 14.3 Å². The maximum atomic E-state index is 10.6. The van der Waals surface area contributed by atoms with E-state index in [1.807, 2.05) is 18.2 Å². The topological polar surface area (TPSA) is 72.6 Å². The monoisotopic (exact) mass is 245 g/mol. The molecule has 1 N–H and O–H groups in total. The van der Waals surface area contributed by atoms with Crippen molar-refractivity contribution in [3.63, 3.8) is 0 Å². The molecule has 5 heteroatoms. The predicted molar refractivity (Wildman–Crippen MR) is 62.0 cm³/mol. The second-order valence-electron chi connectivity index (χ2n) is 4.19. The van der Waals surface area contributed by atoms with Crippen molar-refractivity contribution in [2.75, 3.05) is 0 Å². The van der Waals surface area contributed by atoms with E-state index in [0.29, 0.717) is 5.75 Å². The van der Waals surface area contributed by atoms with Crippen LogP contribution >= 0.6 is 0 Å². The van der Waals surface area contributed by atoms with Crippen LogP contribution in [0.5, 0.6) is 11.8 Å². The molecule has 1 aromatic heterocycles. The van der Waals surface area contributed by atoms with Crippen LogP contribution in [0.4, 0.5) is 0 Å². The molecule has 5 nitrogen and oxygen atoms in total. The molecule has 92 valence electrons. The second kappa shape index (κ2) is 4.18. The first-order valence-corrected chi connectivity index (χ1v) is 5.71. The van der Waals surface area contributed by atoms with Crippen LogP contribution in [0.25, 0.3) is 0 Å². The van der Waals surface area contributed by atoms with Crippen LogP contribution in [0.1, 0.15) is 28.0 Å².